The second-order valence-electron chi connectivity index (χ2n) is 4.83. The minimum atomic E-state index is -0.299. The summed E-state index contributed by atoms with van der Waals surface area (Å²) in [5.74, 6) is -0.151. The highest BCUT2D eigenvalue weighted by Gasteiger charge is 2.32. The monoisotopic (exact) mass is 462 g/mol. The largest absolute Gasteiger partial charge is 0.207 e. The molecule has 2 aromatic rings. The molecule has 2 aromatic carbocycles. The average molecular weight is 465 g/mol. The van der Waals surface area contributed by atoms with Crippen LogP contribution in [0.3, 0.4) is 0 Å². The van der Waals surface area contributed by atoms with Gasteiger partial charge in [-0.1, -0.05) is 78.1 Å². The summed E-state index contributed by atoms with van der Waals surface area (Å²) in [6.45, 7) is 0. The molecule has 0 fully saturated rings. The quantitative estimate of drug-likeness (QED) is 0.486. The lowest BCUT2D eigenvalue weighted by Crippen LogP contribution is -2.34. The topological polar surface area (TPSA) is 0 Å². The molecule has 0 saturated carbocycles. The third kappa shape index (κ3) is 3.52. The summed E-state index contributed by atoms with van der Waals surface area (Å²) in [5.41, 5.74) is 1.63. The smallest absolute Gasteiger partial charge is 0.127 e. The fraction of sp³-hybridized carbons (Fsp3) is 0.250. The highest BCUT2D eigenvalue weighted by Crippen LogP contribution is 2.34. The third-order valence-corrected chi connectivity index (χ3v) is 6.03. The van der Waals surface area contributed by atoms with Gasteiger partial charge in [-0.05, 0) is 35.7 Å². The van der Waals surface area contributed by atoms with E-state index in [0.29, 0.717) is 10.7 Å². The molecule has 0 heterocycles. The van der Waals surface area contributed by atoms with E-state index in [0.717, 1.165) is 16.5 Å². The maximum absolute atomic E-state index is 14.2. The van der Waals surface area contributed by atoms with Crippen LogP contribution >= 0.6 is 47.8 Å². The molecule has 0 radical (unpaired) electrons. The molecule has 106 valence electrons. The summed E-state index contributed by atoms with van der Waals surface area (Å²) in [7, 11) is 0. The summed E-state index contributed by atoms with van der Waals surface area (Å²) >= 11 is 10.6. The van der Waals surface area contributed by atoms with E-state index in [1.807, 2.05) is 24.3 Å². The number of rotatable bonds is 5. The van der Waals surface area contributed by atoms with Gasteiger partial charge in [0.05, 0.1) is 0 Å². The van der Waals surface area contributed by atoms with Crippen molar-refractivity contribution in [3.8, 4) is 0 Å². The van der Waals surface area contributed by atoms with Gasteiger partial charge >= 0.3 is 0 Å². The average Bonchev–Trinajstić information content (AvgIpc) is 2.46. The van der Waals surface area contributed by atoms with Gasteiger partial charge in [-0.15, -0.1) is 0 Å². The van der Waals surface area contributed by atoms with Gasteiger partial charge in [-0.2, -0.15) is 0 Å². The summed E-state index contributed by atoms with van der Waals surface area (Å²) < 4.78 is 15.2. The minimum absolute atomic E-state index is 0.151. The Morgan fingerprint density at radius 3 is 2.25 bits per heavy atom. The zero-order valence-electron chi connectivity index (χ0n) is 10.8. The molecular formula is C16H14Br3F. The second-order valence-corrected chi connectivity index (χ2v) is 6.87. The third-order valence-electron chi connectivity index (χ3n) is 3.39. The molecule has 0 nitrogen and oxygen atoms in total. The minimum Gasteiger partial charge on any atom is -0.207 e. The van der Waals surface area contributed by atoms with Crippen LogP contribution in [0.4, 0.5) is 4.39 Å². The van der Waals surface area contributed by atoms with Crippen molar-refractivity contribution in [3.63, 3.8) is 0 Å². The Kier molecular flexibility index (Phi) is 5.82. The van der Waals surface area contributed by atoms with Gasteiger partial charge in [0.15, 0.2) is 0 Å². The predicted molar refractivity (Wildman–Crippen MR) is 93.5 cm³/mol. The van der Waals surface area contributed by atoms with Crippen molar-refractivity contribution < 1.29 is 4.39 Å². The number of alkyl halides is 2. The first-order chi connectivity index (χ1) is 9.61. The Morgan fingerprint density at radius 2 is 1.65 bits per heavy atom. The molecule has 2 rings (SSSR count). The zero-order chi connectivity index (χ0) is 14.6. The van der Waals surface area contributed by atoms with E-state index in [1.54, 1.807) is 6.07 Å². The fourth-order valence-electron chi connectivity index (χ4n) is 2.30. The van der Waals surface area contributed by atoms with Crippen molar-refractivity contribution in [1.82, 2.24) is 0 Å². The first-order valence-corrected chi connectivity index (χ1v) is 9.26. The molecule has 0 aromatic heterocycles. The Hall–Kier alpha value is -0.190. The van der Waals surface area contributed by atoms with E-state index in [4.69, 9.17) is 0 Å². The van der Waals surface area contributed by atoms with E-state index in [9.17, 15) is 4.39 Å². The van der Waals surface area contributed by atoms with E-state index in [-0.39, 0.29) is 11.2 Å². The molecular weight excluding hydrogens is 451 g/mol. The molecule has 0 aliphatic rings. The molecule has 4 heteroatoms. The van der Waals surface area contributed by atoms with E-state index >= 15 is 0 Å². The lowest BCUT2D eigenvalue weighted by atomic mass is 9.79. The van der Waals surface area contributed by atoms with Crippen molar-refractivity contribution >= 4 is 47.8 Å². The maximum atomic E-state index is 14.2. The standard InChI is InChI=1S/C16H14Br3F/c17-10-16(11-18,14-6-1-2-7-15(14)20)9-12-4-3-5-13(19)8-12/h1-8H,9-11H2. The van der Waals surface area contributed by atoms with Crippen molar-refractivity contribution in [2.75, 3.05) is 10.7 Å². The molecule has 0 atom stereocenters. The van der Waals surface area contributed by atoms with Crippen molar-refractivity contribution in [2.24, 2.45) is 0 Å². The SMILES string of the molecule is Fc1ccccc1C(CBr)(CBr)Cc1cccc(Br)c1. The molecule has 0 saturated heterocycles. The van der Waals surface area contributed by atoms with Gasteiger partial charge in [0.2, 0.25) is 0 Å². The van der Waals surface area contributed by atoms with Crippen LogP contribution in [-0.2, 0) is 11.8 Å². The lowest BCUT2D eigenvalue weighted by Gasteiger charge is -2.31. The molecule has 0 N–H and O–H groups in total. The number of halogens is 4. The van der Waals surface area contributed by atoms with Crippen LogP contribution in [0.15, 0.2) is 53.0 Å². The number of hydrogen-bond donors (Lipinski definition) is 0. The van der Waals surface area contributed by atoms with Crippen LogP contribution in [0.25, 0.3) is 0 Å². The van der Waals surface area contributed by atoms with Crippen LogP contribution in [0.5, 0.6) is 0 Å². The highest BCUT2D eigenvalue weighted by atomic mass is 79.9. The Labute approximate surface area is 144 Å². The van der Waals surface area contributed by atoms with Crippen LogP contribution in [0, 0.1) is 5.82 Å². The lowest BCUT2D eigenvalue weighted by molar-refractivity contribution is 0.501. The Morgan fingerprint density at radius 1 is 0.950 bits per heavy atom. The fourth-order valence-corrected chi connectivity index (χ4v) is 4.67. The molecule has 0 aliphatic carbocycles. The summed E-state index contributed by atoms with van der Waals surface area (Å²) in [4.78, 5) is 0. The normalized spacial score (nSPS) is 11.6. The van der Waals surface area contributed by atoms with Gasteiger partial charge in [-0.3, -0.25) is 0 Å². The van der Waals surface area contributed by atoms with Crippen molar-refractivity contribution in [3.05, 3.63) is 69.9 Å². The van der Waals surface area contributed by atoms with Gasteiger partial charge in [-0.25, -0.2) is 4.39 Å². The Bertz CT molecular complexity index is 579. The van der Waals surface area contributed by atoms with Gasteiger partial charge in [0.1, 0.15) is 5.82 Å². The maximum Gasteiger partial charge on any atom is 0.127 e. The van der Waals surface area contributed by atoms with Crippen LogP contribution in [0.1, 0.15) is 11.1 Å². The van der Waals surface area contributed by atoms with Crippen LogP contribution in [-0.4, -0.2) is 10.7 Å². The molecule has 0 bridgehead atoms. The van der Waals surface area contributed by atoms with Gasteiger partial charge < -0.3 is 0 Å². The van der Waals surface area contributed by atoms with Crippen LogP contribution in [0.2, 0.25) is 0 Å². The molecule has 0 unspecified atom stereocenters. The van der Waals surface area contributed by atoms with Crippen molar-refractivity contribution in [2.45, 2.75) is 11.8 Å². The number of benzene rings is 2. The summed E-state index contributed by atoms with van der Waals surface area (Å²) in [5, 5.41) is 1.39. The zero-order valence-corrected chi connectivity index (χ0v) is 15.5. The van der Waals surface area contributed by atoms with E-state index in [2.05, 4.69) is 59.9 Å². The molecule has 20 heavy (non-hydrogen) atoms. The summed E-state index contributed by atoms with van der Waals surface area (Å²) in [6.07, 6.45) is 0.768. The van der Waals surface area contributed by atoms with Crippen molar-refractivity contribution in [1.29, 1.82) is 0 Å². The molecule has 0 spiro atoms. The highest BCUT2D eigenvalue weighted by molar-refractivity contribution is 9.10. The van der Waals surface area contributed by atoms with E-state index in [1.165, 1.54) is 11.6 Å². The molecule has 0 aliphatic heterocycles. The first kappa shape index (κ1) is 16.2. The van der Waals surface area contributed by atoms with E-state index < -0.39 is 0 Å². The summed E-state index contributed by atoms with van der Waals surface area (Å²) in [6, 6.07) is 15.2. The van der Waals surface area contributed by atoms with Gasteiger partial charge in [0, 0.05) is 20.5 Å². The second kappa shape index (κ2) is 7.19. The first-order valence-electron chi connectivity index (χ1n) is 6.23. The Balaban J connectivity index is 2.42. The molecule has 0 amide bonds. The predicted octanol–water partition coefficient (Wildman–Crippen LogP) is 5.86. The van der Waals surface area contributed by atoms with Gasteiger partial charge in [0.25, 0.3) is 0 Å². The van der Waals surface area contributed by atoms with Crippen LogP contribution < -0.4 is 0 Å². The number of hydrogen-bond acceptors (Lipinski definition) is 0.